The number of hydrogen-bond donors (Lipinski definition) is 2. The van der Waals surface area contributed by atoms with Gasteiger partial charge in [-0.15, -0.1) is 0 Å². The Morgan fingerprint density at radius 3 is 2.58 bits per heavy atom. The number of hydrogen-bond acceptors (Lipinski definition) is 3. The van der Waals surface area contributed by atoms with Crippen LogP contribution in [0.4, 0.5) is 18.0 Å². The highest BCUT2D eigenvalue weighted by Crippen LogP contribution is 2.30. The van der Waals surface area contributed by atoms with Crippen LogP contribution in [0.2, 0.25) is 0 Å². The molecule has 1 fully saturated rings. The molecule has 2 aromatic carbocycles. The van der Waals surface area contributed by atoms with Gasteiger partial charge >= 0.3 is 12.2 Å². The Balaban J connectivity index is 1.55. The maximum atomic E-state index is 12.9. The molecule has 9 heteroatoms. The smallest absolute Gasteiger partial charge is 0.337 e. The van der Waals surface area contributed by atoms with Gasteiger partial charge in [-0.2, -0.15) is 18.4 Å². The Morgan fingerprint density at radius 2 is 1.90 bits per heavy atom. The fourth-order valence-electron chi connectivity index (χ4n) is 3.39. The SMILES string of the molecule is N#Cc1ccc(CNC(=O)NC2CCCN(Cc3cccc(C(F)(F)F)c3)C2=O)cc1. The van der Waals surface area contributed by atoms with Gasteiger partial charge in [-0.1, -0.05) is 24.3 Å². The fraction of sp³-hybridized carbons (Fsp3) is 0.318. The molecule has 1 aliphatic rings. The number of piperidine rings is 1. The summed E-state index contributed by atoms with van der Waals surface area (Å²) in [5.74, 6) is -0.322. The minimum Gasteiger partial charge on any atom is -0.337 e. The summed E-state index contributed by atoms with van der Waals surface area (Å²) in [6.07, 6.45) is -3.35. The van der Waals surface area contributed by atoms with E-state index in [2.05, 4.69) is 10.6 Å². The van der Waals surface area contributed by atoms with Gasteiger partial charge in [0.2, 0.25) is 5.91 Å². The van der Waals surface area contributed by atoms with Crippen molar-refractivity contribution in [1.29, 1.82) is 5.26 Å². The van der Waals surface area contributed by atoms with E-state index in [9.17, 15) is 22.8 Å². The number of nitrogens with one attached hydrogen (secondary N) is 2. The van der Waals surface area contributed by atoms with Crippen LogP contribution in [-0.4, -0.2) is 29.4 Å². The minimum absolute atomic E-state index is 0.0494. The average Bonchev–Trinajstić information content (AvgIpc) is 2.75. The molecular weight excluding hydrogens is 409 g/mol. The summed E-state index contributed by atoms with van der Waals surface area (Å²) in [6.45, 7) is 0.695. The monoisotopic (exact) mass is 430 g/mol. The maximum Gasteiger partial charge on any atom is 0.416 e. The first-order valence-electron chi connectivity index (χ1n) is 9.74. The van der Waals surface area contributed by atoms with E-state index in [0.717, 1.165) is 17.7 Å². The van der Waals surface area contributed by atoms with Crippen LogP contribution < -0.4 is 10.6 Å². The van der Waals surface area contributed by atoms with E-state index in [4.69, 9.17) is 5.26 Å². The van der Waals surface area contributed by atoms with Gasteiger partial charge in [-0.25, -0.2) is 4.79 Å². The summed E-state index contributed by atoms with van der Waals surface area (Å²) in [7, 11) is 0. The first kappa shape index (κ1) is 22.2. The van der Waals surface area contributed by atoms with Crippen LogP contribution in [-0.2, 0) is 24.1 Å². The molecule has 162 valence electrons. The summed E-state index contributed by atoms with van der Waals surface area (Å²) in [5.41, 5.74) is 0.942. The third-order valence-electron chi connectivity index (χ3n) is 5.00. The van der Waals surface area contributed by atoms with Gasteiger partial charge < -0.3 is 15.5 Å². The first-order valence-corrected chi connectivity index (χ1v) is 9.74. The summed E-state index contributed by atoms with van der Waals surface area (Å²) >= 11 is 0. The molecule has 0 saturated carbocycles. The van der Waals surface area contributed by atoms with Crippen molar-refractivity contribution in [1.82, 2.24) is 15.5 Å². The Kier molecular flexibility index (Phi) is 6.80. The molecule has 3 amide bonds. The third-order valence-corrected chi connectivity index (χ3v) is 5.00. The number of halogens is 3. The van der Waals surface area contributed by atoms with E-state index >= 15 is 0 Å². The van der Waals surface area contributed by atoms with E-state index in [1.54, 1.807) is 30.3 Å². The zero-order chi connectivity index (χ0) is 22.4. The van der Waals surface area contributed by atoms with E-state index < -0.39 is 23.8 Å². The number of carbonyl (C=O) groups is 2. The molecule has 1 heterocycles. The predicted octanol–water partition coefficient (Wildman–Crippen LogP) is 3.57. The van der Waals surface area contributed by atoms with Crippen LogP contribution in [0.3, 0.4) is 0 Å². The molecule has 1 unspecified atom stereocenters. The number of nitriles is 1. The average molecular weight is 430 g/mol. The lowest BCUT2D eigenvalue weighted by Gasteiger charge is -2.32. The van der Waals surface area contributed by atoms with Gasteiger partial charge in [-0.05, 0) is 48.2 Å². The number of alkyl halides is 3. The van der Waals surface area contributed by atoms with E-state index in [-0.39, 0.29) is 19.0 Å². The molecule has 0 radical (unpaired) electrons. The van der Waals surface area contributed by atoms with Crippen LogP contribution in [0, 0.1) is 11.3 Å². The van der Waals surface area contributed by atoms with Crippen LogP contribution in [0.1, 0.15) is 35.1 Å². The largest absolute Gasteiger partial charge is 0.416 e. The molecule has 3 rings (SSSR count). The number of urea groups is 1. The molecule has 2 N–H and O–H groups in total. The van der Waals surface area contributed by atoms with Crippen molar-refractivity contribution in [2.45, 2.75) is 38.1 Å². The maximum absolute atomic E-state index is 12.9. The molecule has 0 aromatic heterocycles. The molecule has 1 atom stereocenters. The van der Waals surface area contributed by atoms with Gasteiger partial charge in [0.15, 0.2) is 0 Å². The van der Waals surface area contributed by atoms with Gasteiger partial charge in [0.05, 0.1) is 17.2 Å². The molecule has 0 spiro atoms. The van der Waals surface area contributed by atoms with Gasteiger partial charge in [0.1, 0.15) is 6.04 Å². The Hall–Kier alpha value is -3.54. The highest BCUT2D eigenvalue weighted by Gasteiger charge is 2.32. The Labute approximate surface area is 177 Å². The van der Waals surface area contributed by atoms with Crippen molar-refractivity contribution in [3.63, 3.8) is 0 Å². The second-order valence-corrected chi connectivity index (χ2v) is 7.29. The highest BCUT2D eigenvalue weighted by molar-refractivity contribution is 5.87. The lowest BCUT2D eigenvalue weighted by molar-refractivity contribution is -0.137. The summed E-state index contributed by atoms with van der Waals surface area (Å²) in [6, 6.07) is 12.4. The minimum atomic E-state index is -4.45. The van der Waals surface area contributed by atoms with Crippen molar-refractivity contribution in [3.8, 4) is 6.07 Å². The zero-order valence-electron chi connectivity index (χ0n) is 16.6. The highest BCUT2D eigenvalue weighted by atomic mass is 19.4. The van der Waals surface area contributed by atoms with Crippen molar-refractivity contribution >= 4 is 11.9 Å². The fourth-order valence-corrected chi connectivity index (χ4v) is 3.39. The predicted molar refractivity (Wildman–Crippen MR) is 106 cm³/mol. The van der Waals surface area contributed by atoms with Crippen LogP contribution in [0.5, 0.6) is 0 Å². The van der Waals surface area contributed by atoms with Crippen LogP contribution in [0.15, 0.2) is 48.5 Å². The normalized spacial score (nSPS) is 16.5. The molecule has 1 aliphatic heterocycles. The van der Waals surface area contributed by atoms with Gasteiger partial charge in [-0.3, -0.25) is 4.79 Å². The number of amides is 3. The number of carbonyl (C=O) groups excluding carboxylic acids is 2. The third kappa shape index (κ3) is 5.98. The van der Waals surface area contributed by atoms with E-state index in [0.29, 0.717) is 30.5 Å². The van der Waals surface area contributed by atoms with Gasteiger partial charge in [0.25, 0.3) is 0 Å². The lowest BCUT2D eigenvalue weighted by atomic mass is 10.0. The second-order valence-electron chi connectivity index (χ2n) is 7.29. The van der Waals surface area contributed by atoms with Crippen molar-refractivity contribution in [3.05, 3.63) is 70.8 Å². The second kappa shape index (κ2) is 9.51. The molecule has 2 aromatic rings. The molecule has 1 saturated heterocycles. The Bertz CT molecular complexity index is 983. The number of rotatable bonds is 5. The molecule has 0 bridgehead atoms. The lowest BCUT2D eigenvalue weighted by Crippen LogP contribution is -2.53. The van der Waals surface area contributed by atoms with Crippen molar-refractivity contribution in [2.75, 3.05) is 6.54 Å². The summed E-state index contributed by atoms with van der Waals surface area (Å²) in [4.78, 5) is 26.4. The topological polar surface area (TPSA) is 85.2 Å². The summed E-state index contributed by atoms with van der Waals surface area (Å²) < 4.78 is 38.7. The van der Waals surface area contributed by atoms with E-state index in [1.807, 2.05) is 6.07 Å². The first-order chi connectivity index (χ1) is 14.8. The van der Waals surface area contributed by atoms with Gasteiger partial charge in [0, 0.05) is 19.6 Å². The van der Waals surface area contributed by atoms with Crippen molar-refractivity contribution in [2.24, 2.45) is 0 Å². The number of likely N-dealkylation sites (tertiary alicyclic amines) is 1. The number of benzene rings is 2. The quantitative estimate of drug-likeness (QED) is 0.761. The summed E-state index contributed by atoms with van der Waals surface area (Å²) in [5, 5.41) is 14.1. The van der Waals surface area contributed by atoms with E-state index in [1.165, 1.54) is 11.0 Å². The zero-order valence-corrected chi connectivity index (χ0v) is 16.6. The Morgan fingerprint density at radius 1 is 1.16 bits per heavy atom. The number of nitrogens with zero attached hydrogens (tertiary/aromatic N) is 2. The molecular formula is C22H21F3N4O2. The van der Waals surface area contributed by atoms with Crippen LogP contribution >= 0.6 is 0 Å². The molecule has 6 nitrogen and oxygen atoms in total. The molecule has 31 heavy (non-hydrogen) atoms. The molecule has 0 aliphatic carbocycles. The van der Waals surface area contributed by atoms with Crippen LogP contribution in [0.25, 0.3) is 0 Å². The van der Waals surface area contributed by atoms with Crippen molar-refractivity contribution < 1.29 is 22.8 Å². The standard InChI is InChI=1S/C22H21F3N4O2/c23-22(24,25)18-4-1-3-17(11-18)14-29-10-2-5-19(20(29)30)28-21(31)27-13-16-8-6-15(12-26)7-9-16/h1,3-4,6-9,11,19H,2,5,10,13-14H2,(H2,27,28,31).